The van der Waals surface area contributed by atoms with E-state index in [1.54, 1.807) is 30.1 Å². The second kappa shape index (κ2) is 8.49. The van der Waals surface area contributed by atoms with Crippen LogP contribution >= 0.6 is 0 Å². The molecule has 0 saturated carbocycles. The number of fused-ring (bicyclic) bond motifs is 1. The number of hydrogen-bond acceptors (Lipinski definition) is 6. The summed E-state index contributed by atoms with van der Waals surface area (Å²) in [6.45, 7) is 4.87. The van der Waals surface area contributed by atoms with Crippen molar-refractivity contribution in [2.24, 2.45) is 0 Å². The number of aromatic nitrogens is 1. The quantitative estimate of drug-likeness (QED) is 0.618. The Balaban J connectivity index is 1.38. The predicted molar refractivity (Wildman–Crippen MR) is 110 cm³/mol. The highest BCUT2D eigenvalue weighted by atomic mass is 16.6. The number of para-hydroxylation sites is 2. The molecule has 0 bridgehead atoms. The van der Waals surface area contributed by atoms with Gasteiger partial charge in [0.25, 0.3) is 5.91 Å². The van der Waals surface area contributed by atoms with Gasteiger partial charge < -0.3 is 23.6 Å². The van der Waals surface area contributed by atoms with Gasteiger partial charge in [-0.25, -0.2) is 0 Å². The van der Waals surface area contributed by atoms with Gasteiger partial charge in [0.15, 0.2) is 17.6 Å². The molecule has 0 aliphatic carbocycles. The normalized spacial score (nSPS) is 15.0. The molecule has 0 fully saturated rings. The second-order valence-corrected chi connectivity index (χ2v) is 7.30. The molecule has 1 atom stereocenters. The lowest BCUT2D eigenvalue weighted by Crippen LogP contribution is -2.41. The fourth-order valence-corrected chi connectivity index (χ4v) is 3.34. The van der Waals surface area contributed by atoms with E-state index in [-0.39, 0.29) is 12.0 Å². The lowest BCUT2D eigenvalue weighted by atomic mass is 10.1. The molecule has 0 N–H and O–H groups in total. The zero-order valence-electron chi connectivity index (χ0n) is 17.3. The van der Waals surface area contributed by atoms with E-state index in [0.717, 1.165) is 22.8 Å². The van der Waals surface area contributed by atoms with Crippen LogP contribution in [0.4, 0.5) is 0 Å². The summed E-state index contributed by atoms with van der Waals surface area (Å²) >= 11 is 0. The van der Waals surface area contributed by atoms with Crippen molar-refractivity contribution in [1.82, 2.24) is 10.1 Å². The first-order chi connectivity index (χ1) is 14.5. The highest BCUT2D eigenvalue weighted by molar-refractivity contribution is 5.94. The largest absolute Gasteiger partial charge is 0.489 e. The average Bonchev–Trinajstić information content (AvgIpc) is 3.09. The van der Waals surface area contributed by atoms with Gasteiger partial charge in [-0.05, 0) is 44.2 Å². The Hall–Kier alpha value is -3.48. The van der Waals surface area contributed by atoms with E-state index in [1.165, 1.54) is 0 Å². The molecular formula is C23H24N2O5. The van der Waals surface area contributed by atoms with E-state index in [0.29, 0.717) is 36.8 Å². The molecular weight excluding hydrogens is 384 g/mol. The third-order valence-corrected chi connectivity index (χ3v) is 5.04. The molecule has 3 aromatic rings. The molecule has 0 spiro atoms. The van der Waals surface area contributed by atoms with E-state index >= 15 is 0 Å². The van der Waals surface area contributed by atoms with Crippen molar-refractivity contribution in [3.05, 3.63) is 71.1 Å². The molecule has 7 heteroatoms. The topological polar surface area (TPSA) is 74.0 Å². The van der Waals surface area contributed by atoms with Gasteiger partial charge in [0.1, 0.15) is 24.7 Å². The predicted octanol–water partition coefficient (Wildman–Crippen LogP) is 3.78. The van der Waals surface area contributed by atoms with Crippen LogP contribution in [-0.2, 0) is 6.61 Å². The van der Waals surface area contributed by atoms with Crippen molar-refractivity contribution in [2.75, 3.05) is 20.2 Å². The number of carbonyl (C=O) groups excluding carboxylic acids is 1. The monoisotopic (exact) mass is 408 g/mol. The Kier molecular flexibility index (Phi) is 5.61. The summed E-state index contributed by atoms with van der Waals surface area (Å²) in [5.41, 5.74) is 2.26. The van der Waals surface area contributed by atoms with Gasteiger partial charge >= 0.3 is 0 Å². The van der Waals surface area contributed by atoms with Crippen LogP contribution in [0, 0.1) is 13.8 Å². The molecule has 30 heavy (non-hydrogen) atoms. The van der Waals surface area contributed by atoms with Crippen molar-refractivity contribution in [2.45, 2.75) is 26.6 Å². The fourth-order valence-electron chi connectivity index (χ4n) is 3.34. The van der Waals surface area contributed by atoms with E-state index < -0.39 is 0 Å². The van der Waals surface area contributed by atoms with Crippen molar-refractivity contribution in [1.29, 1.82) is 0 Å². The van der Waals surface area contributed by atoms with E-state index in [9.17, 15) is 4.79 Å². The minimum absolute atomic E-state index is 0.111. The molecule has 0 radical (unpaired) electrons. The summed E-state index contributed by atoms with van der Waals surface area (Å²) in [7, 11) is 1.75. The molecule has 7 nitrogen and oxygen atoms in total. The van der Waals surface area contributed by atoms with Gasteiger partial charge in [-0.1, -0.05) is 23.4 Å². The van der Waals surface area contributed by atoms with Crippen LogP contribution in [0.2, 0.25) is 0 Å². The Morgan fingerprint density at radius 2 is 1.97 bits per heavy atom. The lowest BCUT2D eigenvalue weighted by Gasteiger charge is -2.29. The highest BCUT2D eigenvalue weighted by Crippen LogP contribution is 2.31. The standard InChI is InChI=1S/C23H24N2O5/c1-15-20(16(2)30-24-15)14-27-18-8-6-7-17(11-18)23(26)25(3)12-19-13-28-21-9-4-5-10-22(21)29-19/h4-11,19H,12-14H2,1-3H3. The SMILES string of the molecule is Cc1noc(C)c1COc1cccc(C(=O)N(C)CC2COc3ccccc3O2)c1. The molecule has 0 saturated heterocycles. The van der Waals surface area contributed by atoms with Crippen LogP contribution in [0.3, 0.4) is 0 Å². The minimum Gasteiger partial charge on any atom is -0.489 e. The molecule has 4 rings (SSSR count). The number of hydrogen-bond donors (Lipinski definition) is 0. The summed E-state index contributed by atoms with van der Waals surface area (Å²) in [6, 6.07) is 14.7. The number of aryl methyl sites for hydroxylation is 2. The van der Waals surface area contributed by atoms with E-state index in [4.69, 9.17) is 18.7 Å². The number of ether oxygens (including phenoxy) is 3. The minimum atomic E-state index is -0.229. The van der Waals surface area contributed by atoms with Crippen molar-refractivity contribution >= 4 is 5.91 Å². The lowest BCUT2D eigenvalue weighted by molar-refractivity contribution is 0.0520. The summed E-state index contributed by atoms with van der Waals surface area (Å²) in [4.78, 5) is 14.5. The molecule has 2 aromatic carbocycles. The molecule has 1 unspecified atom stereocenters. The number of carbonyl (C=O) groups is 1. The number of nitrogens with zero attached hydrogens (tertiary/aromatic N) is 2. The van der Waals surface area contributed by atoms with Gasteiger partial charge in [-0.2, -0.15) is 0 Å². The van der Waals surface area contributed by atoms with Crippen LogP contribution < -0.4 is 14.2 Å². The van der Waals surface area contributed by atoms with Crippen LogP contribution in [0.25, 0.3) is 0 Å². The maximum Gasteiger partial charge on any atom is 0.253 e. The molecule has 1 amide bonds. The maximum atomic E-state index is 12.9. The molecule has 156 valence electrons. The smallest absolute Gasteiger partial charge is 0.253 e. The van der Waals surface area contributed by atoms with Gasteiger partial charge in [-0.15, -0.1) is 0 Å². The number of rotatable bonds is 6. The van der Waals surface area contributed by atoms with Crippen LogP contribution in [-0.4, -0.2) is 42.3 Å². The van der Waals surface area contributed by atoms with Crippen molar-refractivity contribution in [3.63, 3.8) is 0 Å². The first kappa shape index (κ1) is 19.8. The number of benzene rings is 2. The third kappa shape index (κ3) is 4.25. The zero-order valence-corrected chi connectivity index (χ0v) is 17.3. The molecule has 1 aromatic heterocycles. The van der Waals surface area contributed by atoms with E-state index in [2.05, 4.69) is 5.16 Å². The van der Waals surface area contributed by atoms with E-state index in [1.807, 2.05) is 44.2 Å². The first-order valence-corrected chi connectivity index (χ1v) is 9.80. The fraction of sp³-hybridized carbons (Fsp3) is 0.304. The molecule has 1 aliphatic heterocycles. The van der Waals surface area contributed by atoms with Gasteiger partial charge in [0.05, 0.1) is 17.8 Å². The van der Waals surface area contributed by atoms with Gasteiger partial charge in [0.2, 0.25) is 0 Å². The van der Waals surface area contributed by atoms with Crippen molar-refractivity contribution < 1.29 is 23.5 Å². The van der Waals surface area contributed by atoms with Crippen LogP contribution in [0.15, 0.2) is 53.1 Å². The summed E-state index contributed by atoms with van der Waals surface area (Å²) in [6.07, 6.45) is -0.229. The number of amides is 1. The molecule has 1 aliphatic rings. The summed E-state index contributed by atoms with van der Waals surface area (Å²) in [5, 5.41) is 3.93. The Bertz CT molecular complexity index is 1030. The maximum absolute atomic E-state index is 12.9. The second-order valence-electron chi connectivity index (χ2n) is 7.30. The Morgan fingerprint density at radius 1 is 1.17 bits per heavy atom. The van der Waals surface area contributed by atoms with Crippen molar-refractivity contribution in [3.8, 4) is 17.2 Å². The average molecular weight is 408 g/mol. The summed E-state index contributed by atoms with van der Waals surface area (Å²) < 4.78 is 22.7. The third-order valence-electron chi connectivity index (χ3n) is 5.04. The first-order valence-electron chi connectivity index (χ1n) is 9.80. The summed E-state index contributed by atoms with van der Waals surface area (Å²) in [5.74, 6) is 2.66. The molecule has 2 heterocycles. The Labute approximate surface area is 175 Å². The van der Waals surface area contributed by atoms with Crippen LogP contribution in [0.1, 0.15) is 27.4 Å². The Morgan fingerprint density at radius 3 is 2.73 bits per heavy atom. The van der Waals surface area contributed by atoms with Gasteiger partial charge in [0, 0.05) is 12.6 Å². The number of likely N-dealkylation sites (N-methyl/N-ethyl adjacent to an activating group) is 1. The zero-order chi connectivity index (χ0) is 21.1. The van der Waals surface area contributed by atoms with Gasteiger partial charge in [-0.3, -0.25) is 4.79 Å². The highest BCUT2D eigenvalue weighted by Gasteiger charge is 2.24. The van der Waals surface area contributed by atoms with Crippen LogP contribution in [0.5, 0.6) is 17.2 Å².